The molecule has 1 amide bonds. The lowest BCUT2D eigenvalue weighted by molar-refractivity contribution is -0.124. The SMILES string of the molecule is CC(C)CNC(=O)COC(=O)c1cc2c(s1)CCCCCC2. The van der Waals surface area contributed by atoms with Crippen molar-refractivity contribution in [1.29, 1.82) is 0 Å². The standard InChI is InChI=1S/C17H25NO3S/c1-12(2)10-18-16(19)11-21-17(20)15-9-13-7-5-3-4-6-8-14(13)22-15/h9,12H,3-8,10-11H2,1-2H3,(H,18,19). The zero-order chi connectivity index (χ0) is 15.9. The van der Waals surface area contributed by atoms with Crippen LogP contribution >= 0.6 is 11.3 Å². The number of hydrogen-bond donors (Lipinski definition) is 1. The van der Waals surface area contributed by atoms with Gasteiger partial charge in [-0.25, -0.2) is 4.79 Å². The Morgan fingerprint density at radius 2 is 1.95 bits per heavy atom. The third-order valence-electron chi connectivity index (χ3n) is 3.74. The summed E-state index contributed by atoms with van der Waals surface area (Å²) in [4.78, 5) is 25.6. The Balaban J connectivity index is 1.87. The summed E-state index contributed by atoms with van der Waals surface area (Å²) in [6, 6.07) is 1.96. The van der Waals surface area contributed by atoms with Crippen LogP contribution in [-0.2, 0) is 22.4 Å². The molecule has 5 heteroatoms. The lowest BCUT2D eigenvalue weighted by Crippen LogP contribution is -2.31. The second-order valence-electron chi connectivity index (χ2n) is 6.25. The summed E-state index contributed by atoms with van der Waals surface area (Å²) in [5.74, 6) is -0.232. The maximum atomic E-state index is 12.1. The quantitative estimate of drug-likeness (QED) is 0.846. The van der Waals surface area contributed by atoms with E-state index in [0.29, 0.717) is 17.3 Å². The number of aryl methyl sites for hydroxylation is 2. The molecule has 1 heterocycles. The lowest BCUT2D eigenvalue weighted by Gasteiger charge is -2.07. The fraction of sp³-hybridized carbons (Fsp3) is 0.647. The van der Waals surface area contributed by atoms with Crippen molar-refractivity contribution in [1.82, 2.24) is 5.32 Å². The van der Waals surface area contributed by atoms with Gasteiger partial charge in [0.15, 0.2) is 6.61 Å². The Bertz CT molecular complexity index is 496. The van der Waals surface area contributed by atoms with Gasteiger partial charge in [0.2, 0.25) is 0 Å². The van der Waals surface area contributed by atoms with Crippen molar-refractivity contribution in [2.45, 2.75) is 52.4 Å². The van der Waals surface area contributed by atoms with Crippen molar-refractivity contribution >= 4 is 23.2 Å². The van der Waals surface area contributed by atoms with Crippen LogP contribution in [0.4, 0.5) is 0 Å². The predicted molar refractivity (Wildman–Crippen MR) is 88.3 cm³/mol. The Kier molecular flexibility index (Phi) is 6.43. The summed E-state index contributed by atoms with van der Waals surface area (Å²) in [5, 5.41) is 2.74. The molecular weight excluding hydrogens is 298 g/mol. The molecule has 4 nitrogen and oxygen atoms in total. The van der Waals surface area contributed by atoms with Crippen molar-refractivity contribution in [2.75, 3.05) is 13.2 Å². The summed E-state index contributed by atoms with van der Waals surface area (Å²) in [6.45, 7) is 4.44. The summed E-state index contributed by atoms with van der Waals surface area (Å²) in [6.07, 6.45) is 7.03. The first-order valence-corrected chi connectivity index (χ1v) is 8.93. The summed E-state index contributed by atoms with van der Waals surface area (Å²) < 4.78 is 5.12. The van der Waals surface area contributed by atoms with E-state index >= 15 is 0 Å². The topological polar surface area (TPSA) is 55.4 Å². The van der Waals surface area contributed by atoms with Crippen LogP contribution in [0.15, 0.2) is 6.07 Å². The molecule has 0 saturated heterocycles. The molecular formula is C17H25NO3S. The molecule has 0 spiro atoms. The van der Waals surface area contributed by atoms with Crippen LogP contribution in [0, 0.1) is 5.92 Å². The average Bonchev–Trinajstić information content (AvgIpc) is 2.85. The van der Waals surface area contributed by atoms with Crippen LogP contribution in [0.25, 0.3) is 0 Å². The average molecular weight is 323 g/mol. The van der Waals surface area contributed by atoms with Crippen LogP contribution in [0.5, 0.6) is 0 Å². The van der Waals surface area contributed by atoms with Gasteiger partial charge in [-0.15, -0.1) is 11.3 Å². The number of carbonyl (C=O) groups is 2. The highest BCUT2D eigenvalue weighted by atomic mass is 32.1. The maximum absolute atomic E-state index is 12.1. The van der Waals surface area contributed by atoms with Crippen molar-refractivity contribution in [3.63, 3.8) is 0 Å². The fourth-order valence-corrected chi connectivity index (χ4v) is 3.66. The first-order chi connectivity index (χ1) is 10.6. The predicted octanol–water partition coefficient (Wildman–Crippen LogP) is 3.34. The van der Waals surface area contributed by atoms with E-state index in [-0.39, 0.29) is 18.5 Å². The highest BCUT2D eigenvalue weighted by Crippen LogP contribution is 2.28. The third-order valence-corrected chi connectivity index (χ3v) is 4.96. The summed E-state index contributed by atoms with van der Waals surface area (Å²) in [5.41, 5.74) is 1.29. The maximum Gasteiger partial charge on any atom is 0.348 e. The van der Waals surface area contributed by atoms with E-state index in [1.165, 1.54) is 47.5 Å². The second kappa shape index (κ2) is 8.32. The summed E-state index contributed by atoms with van der Waals surface area (Å²) in [7, 11) is 0. The first kappa shape index (κ1) is 17.0. The minimum atomic E-state index is -0.378. The molecule has 0 radical (unpaired) electrons. The van der Waals surface area contributed by atoms with Crippen LogP contribution in [0.1, 0.15) is 59.6 Å². The third kappa shape index (κ3) is 5.13. The van der Waals surface area contributed by atoms with E-state index in [1.807, 2.05) is 19.9 Å². The molecule has 1 aromatic rings. The Labute approximate surface area is 136 Å². The number of esters is 1. The number of thiophene rings is 1. The molecule has 1 aliphatic rings. The van der Waals surface area contributed by atoms with Gasteiger partial charge < -0.3 is 10.1 Å². The second-order valence-corrected chi connectivity index (χ2v) is 7.38. The number of ether oxygens (including phenoxy) is 1. The number of nitrogens with one attached hydrogen (secondary N) is 1. The van der Waals surface area contributed by atoms with Gasteiger partial charge in [0.25, 0.3) is 5.91 Å². The molecule has 0 saturated carbocycles. The van der Waals surface area contributed by atoms with Crippen molar-refractivity contribution in [2.24, 2.45) is 5.92 Å². The van der Waals surface area contributed by atoms with Crippen LogP contribution in [0.2, 0.25) is 0 Å². The molecule has 0 atom stereocenters. The molecule has 0 aromatic carbocycles. The number of hydrogen-bond acceptors (Lipinski definition) is 4. The molecule has 0 aliphatic heterocycles. The Morgan fingerprint density at radius 3 is 2.68 bits per heavy atom. The molecule has 0 bridgehead atoms. The van der Waals surface area contributed by atoms with Gasteiger partial charge in [-0.3, -0.25) is 4.79 Å². The summed E-state index contributed by atoms with van der Waals surface area (Å²) >= 11 is 1.53. The van der Waals surface area contributed by atoms with Crippen molar-refractivity contribution in [3.8, 4) is 0 Å². The van der Waals surface area contributed by atoms with Gasteiger partial charge in [-0.2, -0.15) is 0 Å². The van der Waals surface area contributed by atoms with Crippen molar-refractivity contribution in [3.05, 3.63) is 21.4 Å². The fourth-order valence-electron chi connectivity index (χ4n) is 2.52. The van der Waals surface area contributed by atoms with E-state index in [4.69, 9.17) is 4.74 Å². The van der Waals surface area contributed by atoms with Gasteiger partial charge in [0.05, 0.1) is 0 Å². The highest BCUT2D eigenvalue weighted by Gasteiger charge is 2.17. The Morgan fingerprint density at radius 1 is 1.23 bits per heavy atom. The normalized spacial score (nSPS) is 14.9. The van der Waals surface area contributed by atoms with Gasteiger partial charge in [0, 0.05) is 11.4 Å². The molecule has 1 N–H and O–H groups in total. The van der Waals surface area contributed by atoms with Crippen LogP contribution in [-0.4, -0.2) is 25.0 Å². The van der Waals surface area contributed by atoms with Gasteiger partial charge in [-0.05, 0) is 43.2 Å². The van der Waals surface area contributed by atoms with Crippen LogP contribution < -0.4 is 5.32 Å². The molecule has 0 unspecified atom stereocenters. The number of carbonyl (C=O) groups excluding carboxylic acids is 2. The number of amides is 1. The number of fused-ring (bicyclic) bond motifs is 1. The molecule has 1 aliphatic carbocycles. The smallest absolute Gasteiger partial charge is 0.348 e. The van der Waals surface area contributed by atoms with E-state index in [0.717, 1.165) is 12.8 Å². The van der Waals surface area contributed by atoms with E-state index in [9.17, 15) is 9.59 Å². The Hall–Kier alpha value is -1.36. The number of rotatable bonds is 5. The monoisotopic (exact) mass is 323 g/mol. The van der Waals surface area contributed by atoms with Gasteiger partial charge in [0.1, 0.15) is 4.88 Å². The van der Waals surface area contributed by atoms with E-state index < -0.39 is 0 Å². The van der Waals surface area contributed by atoms with E-state index in [1.54, 1.807) is 0 Å². The molecule has 1 aromatic heterocycles. The molecule has 22 heavy (non-hydrogen) atoms. The largest absolute Gasteiger partial charge is 0.451 e. The molecule has 122 valence electrons. The van der Waals surface area contributed by atoms with Crippen molar-refractivity contribution < 1.29 is 14.3 Å². The van der Waals surface area contributed by atoms with Gasteiger partial charge in [-0.1, -0.05) is 26.7 Å². The molecule has 2 rings (SSSR count). The first-order valence-electron chi connectivity index (χ1n) is 8.11. The van der Waals surface area contributed by atoms with Gasteiger partial charge >= 0.3 is 5.97 Å². The lowest BCUT2D eigenvalue weighted by atomic mass is 10.00. The van der Waals surface area contributed by atoms with E-state index in [2.05, 4.69) is 5.32 Å². The van der Waals surface area contributed by atoms with Crippen LogP contribution in [0.3, 0.4) is 0 Å². The zero-order valence-electron chi connectivity index (χ0n) is 13.4. The highest BCUT2D eigenvalue weighted by molar-refractivity contribution is 7.14. The minimum absolute atomic E-state index is 0.200. The zero-order valence-corrected chi connectivity index (χ0v) is 14.3. The minimum Gasteiger partial charge on any atom is -0.451 e. The molecule has 0 fully saturated rings.